The summed E-state index contributed by atoms with van der Waals surface area (Å²) in [7, 11) is 1.57. The minimum absolute atomic E-state index is 0.152. The highest BCUT2D eigenvalue weighted by Crippen LogP contribution is 2.18. The molecule has 0 atom stereocenters. The van der Waals surface area contributed by atoms with Crippen LogP contribution in [-0.2, 0) is 11.2 Å². The van der Waals surface area contributed by atoms with Crippen LogP contribution in [0.4, 0.5) is 11.5 Å². The van der Waals surface area contributed by atoms with Gasteiger partial charge in [0.1, 0.15) is 11.6 Å². The molecule has 0 radical (unpaired) electrons. The van der Waals surface area contributed by atoms with Crippen LogP contribution in [0.1, 0.15) is 15.9 Å². The Labute approximate surface area is 187 Å². The van der Waals surface area contributed by atoms with E-state index in [1.807, 2.05) is 47.4 Å². The number of ether oxygens (including phenoxy) is 1. The lowest BCUT2D eigenvalue weighted by atomic mass is 10.1. The Balaban J connectivity index is 1.30. The Morgan fingerprint density at radius 3 is 2.44 bits per heavy atom. The second-order valence-electron chi connectivity index (χ2n) is 7.62. The number of hydrogen-bond donors (Lipinski definition) is 1. The molecule has 2 aromatic carbocycles. The van der Waals surface area contributed by atoms with Gasteiger partial charge in [0.05, 0.1) is 25.4 Å². The van der Waals surface area contributed by atoms with Gasteiger partial charge in [-0.15, -0.1) is 0 Å². The Bertz CT molecular complexity index is 1060. The first-order valence-electron chi connectivity index (χ1n) is 10.6. The quantitative estimate of drug-likeness (QED) is 0.650. The zero-order valence-electron chi connectivity index (χ0n) is 18.0. The van der Waals surface area contributed by atoms with Crippen molar-refractivity contribution in [3.8, 4) is 5.75 Å². The van der Waals surface area contributed by atoms with E-state index in [0.29, 0.717) is 36.5 Å². The van der Waals surface area contributed by atoms with E-state index in [2.05, 4.69) is 15.2 Å². The van der Waals surface area contributed by atoms with Crippen LogP contribution < -0.4 is 15.0 Å². The van der Waals surface area contributed by atoms with Crippen LogP contribution in [0.3, 0.4) is 0 Å². The first-order chi connectivity index (χ1) is 15.6. The van der Waals surface area contributed by atoms with E-state index < -0.39 is 0 Å². The van der Waals surface area contributed by atoms with Crippen LogP contribution in [0.15, 0.2) is 72.9 Å². The van der Waals surface area contributed by atoms with E-state index in [-0.39, 0.29) is 11.8 Å². The maximum absolute atomic E-state index is 12.6. The molecular weight excluding hydrogens is 404 g/mol. The van der Waals surface area contributed by atoms with Crippen LogP contribution in [-0.4, -0.2) is 55.0 Å². The summed E-state index contributed by atoms with van der Waals surface area (Å²) in [5, 5.41) is 2.86. The normalized spacial score (nSPS) is 13.5. The molecule has 0 bridgehead atoms. The van der Waals surface area contributed by atoms with Crippen LogP contribution in [0.2, 0.25) is 0 Å². The second kappa shape index (κ2) is 9.96. The molecule has 4 rings (SSSR count). The molecule has 2 heterocycles. The predicted molar refractivity (Wildman–Crippen MR) is 124 cm³/mol. The highest BCUT2D eigenvalue weighted by atomic mass is 16.5. The van der Waals surface area contributed by atoms with E-state index in [4.69, 9.17) is 4.74 Å². The molecule has 0 unspecified atom stereocenters. The first kappa shape index (κ1) is 21.4. The SMILES string of the molecule is COc1cccc(C(=O)Nc2ccc(N3CCN(C(=O)Cc4ccccc4)CC3)nc2)c1. The zero-order valence-corrected chi connectivity index (χ0v) is 18.0. The van der Waals surface area contributed by atoms with E-state index in [1.165, 1.54) is 0 Å². The molecule has 1 aromatic heterocycles. The average Bonchev–Trinajstić information content (AvgIpc) is 2.85. The third kappa shape index (κ3) is 5.24. The molecule has 7 nitrogen and oxygen atoms in total. The molecule has 3 aromatic rings. The van der Waals surface area contributed by atoms with Crippen molar-refractivity contribution in [2.24, 2.45) is 0 Å². The summed E-state index contributed by atoms with van der Waals surface area (Å²) in [6.45, 7) is 2.79. The topological polar surface area (TPSA) is 74.8 Å². The van der Waals surface area contributed by atoms with Gasteiger partial charge in [0.2, 0.25) is 5.91 Å². The number of hydrogen-bond acceptors (Lipinski definition) is 5. The van der Waals surface area contributed by atoms with Gasteiger partial charge in [-0.05, 0) is 35.9 Å². The Morgan fingerprint density at radius 2 is 1.75 bits per heavy atom. The lowest BCUT2D eigenvalue weighted by Crippen LogP contribution is -2.49. The van der Waals surface area contributed by atoms with Crippen LogP contribution in [0, 0.1) is 0 Å². The number of benzene rings is 2. The smallest absolute Gasteiger partial charge is 0.255 e. The molecule has 0 spiro atoms. The third-order valence-electron chi connectivity index (χ3n) is 5.49. The minimum Gasteiger partial charge on any atom is -0.497 e. The zero-order chi connectivity index (χ0) is 22.3. The molecule has 32 heavy (non-hydrogen) atoms. The molecule has 1 aliphatic heterocycles. The van der Waals surface area contributed by atoms with Crippen molar-refractivity contribution < 1.29 is 14.3 Å². The largest absolute Gasteiger partial charge is 0.497 e. The van der Waals surface area contributed by atoms with E-state index in [1.54, 1.807) is 37.6 Å². The molecule has 1 N–H and O–H groups in total. The fraction of sp³-hybridized carbons (Fsp3) is 0.240. The first-order valence-corrected chi connectivity index (χ1v) is 10.6. The fourth-order valence-electron chi connectivity index (χ4n) is 3.68. The summed E-state index contributed by atoms with van der Waals surface area (Å²) in [5.41, 5.74) is 2.18. The molecule has 7 heteroatoms. The monoisotopic (exact) mass is 430 g/mol. The maximum Gasteiger partial charge on any atom is 0.255 e. The molecule has 0 saturated carbocycles. The third-order valence-corrected chi connectivity index (χ3v) is 5.49. The highest BCUT2D eigenvalue weighted by molar-refractivity contribution is 6.04. The summed E-state index contributed by atoms with van der Waals surface area (Å²) in [5.74, 6) is 1.40. The summed E-state index contributed by atoms with van der Waals surface area (Å²) >= 11 is 0. The fourth-order valence-corrected chi connectivity index (χ4v) is 3.68. The summed E-state index contributed by atoms with van der Waals surface area (Å²) in [6, 6.07) is 20.5. The molecule has 2 amide bonds. The number of carbonyl (C=O) groups is 2. The van der Waals surface area contributed by atoms with E-state index in [0.717, 1.165) is 24.5 Å². The van der Waals surface area contributed by atoms with Crippen molar-refractivity contribution in [3.63, 3.8) is 0 Å². The number of nitrogens with zero attached hydrogens (tertiary/aromatic N) is 3. The number of rotatable bonds is 6. The molecule has 164 valence electrons. The van der Waals surface area contributed by atoms with Crippen molar-refractivity contribution in [3.05, 3.63) is 84.1 Å². The number of piperazine rings is 1. The van der Waals surface area contributed by atoms with Gasteiger partial charge >= 0.3 is 0 Å². The van der Waals surface area contributed by atoms with Crippen molar-refractivity contribution in [2.45, 2.75) is 6.42 Å². The number of amides is 2. The lowest BCUT2D eigenvalue weighted by molar-refractivity contribution is -0.130. The van der Waals surface area contributed by atoms with Gasteiger partial charge in [0.15, 0.2) is 0 Å². The van der Waals surface area contributed by atoms with Gasteiger partial charge in [-0.25, -0.2) is 4.98 Å². The molecule has 0 aliphatic carbocycles. The van der Waals surface area contributed by atoms with E-state index >= 15 is 0 Å². The van der Waals surface area contributed by atoms with Gasteiger partial charge in [0, 0.05) is 31.7 Å². The van der Waals surface area contributed by atoms with Gasteiger partial charge < -0.3 is 19.9 Å². The van der Waals surface area contributed by atoms with Crippen molar-refractivity contribution in [2.75, 3.05) is 43.5 Å². The molecule has 1 aliphatic rings. The second-order valence-corrected chi connectivity index (χ2v) is 7.62. The lowest BCUT2D eigenvalue weighted by Gasteiger charge is -2.35. The number of anilines is 2. The van der Waals surface area contributed by atoms with E-state index in [9.17, 15) is 9.59 Å². The Kier molecular flexibility index (Phi) is 6.65. The predicted octanol–water partition coefficient (Wildman–Crippen LogP) is 3.23. The number of methoxy groups -OCH3 is 1. The van der Waals surface area contributed by atoms with Gasteiger partial charge in [-0.3, -0.25) is 9.59 Å². The molecule has 1 fully saturated rings. The van der Waals surface area contributed by atoms with Gasteiger partial charge in [0.25, 0.3) is 5.91 Å². The molecular formula is C25H26N4O3. The van der Waals surface area contributed by atoms with Crippen molar-refractivity contribution in [1.29, 1.82) is 0 Å². The van der Waals surface area contributed by atoms with Crippen LogP contribution in [0.5, 0.6) is 5.75 Å². The highest BCUT2D eigenvalue weighted by Gasteiger charge is 2.22. The van der Waals surface area contributed by atoms with Gasteiger partial charge in [-0.2, -0.15) is 0 Å². The Morgan fingerprint density at radius 1 is 0.969 bits per heavy atom. The Hall–Kier alpha value is -3.87. The number of nitrogens with one attached hydrogen (secondary N) is 1. The average molecular weight is 431 g/mol. The van der Waals surface area contributed by atoms with Crippen LogP contribution in [0.25, 0.3) is 0 Å². The summed E-state index contributed by atoms with van der Waals surface area (Å²) in [4.78, 5) is 33.6. The summed E-state index contributed by atoms with van der Waals surface area (Å²) in [6.07, 6.45) is 2.08. The van der Waals surface area contributed by atoms with Gasteiger partial charge in [-0.1, -0.05) is 36.4 Å². The van der Waals surface area contributed by atoms with Crippen LogP contribution >= 0.6 is 0 Å². The minimum atomic E-state index is -0.219. The molecule has 1 saturated heterocycles. The standard InChI is InChI=1S/C25H26N4O3/c1-32-22-9-5-8-20(17-22)25(31)27-21-10-11-23(26-18-21)28-12-14-29(15-13-28)24(30)16-19-6-3-2-4-7-19/h2-11,17-18H,12-16H2,1H3,(H,27,31). The maximum atomic E-state index is 12.6. The summed E-state index contributed by atoms with van der Waals surface area (Å²) < 4.78 is 5.17. The number of pyridine rings is 1. The van der Waals surface area contributed by atoms with Crippen molar-refractivity contribution in [1.82, 2.24) is 9.88 Å². The number of carbonyl (C=O) groups excluding carboxylic acids is 2. The number of aromatic nitrogens is 1. The van der Waals surface area contributed by atoms with Crippen molar-refractivity contribution >= 4 is 23.3 Å².